The fourth-order valence-electron chi connectivity index (χ4n) is 2.93. The molecule has 0 aliphatic carbocycles. The van der Waals surface area contributed by atoms with Crippen LogP contribution in [0.4, 0.5) is 0 Å². The Balaban J connectivity index is 0.000000268. The van der Waals surface area contributed by atoms with Crippen LogP contribution in [0.1, 0.15) is 81.0 Å². The molecule has 0 radical (unpaired) electrons. The number of benzene rings is 3. The van der Waals surface area contributed by atoms with Crippen LogP contribution in [0.5, 0.6) is 0 Å². The molecule has 0 saturated heterocycles. The Kier molecular flexibility index (Phi) is 13.4. The van der Waals surface area contributed by atoms with Gasteiger partial charge in [0.05, 0.1) is 35.5 Å². The van der Waals surface area contributed by atoms with E-state index >= 15 is 0 Å². The predicted octanol–water partition coefficient (Wildman–Crippen LogP) is 6.22. The molecular formula is C30H32O8. The number of unbranched alkanes of at least 4 members (excludes halogenated alkanes) is 2. The van der Waals surface area contributed by atoms with E-state index in [1.54, 1.807) is 84.9 Å². The lowest BCUT2D eigenvalue weighted by atomic mass is 10.1. The highest BCUT2D eigenvalue weighted by Gasteiger charge is 2.18. The van der Waals surface area contributed by atoms with Crippen molar-refractivity contribution < 1.29 is 38.4 Å². The number of rotatable bonds is 10. The predicted molar refractivity (Wildman–Crippen MR) is 141 cm³/mol. The molecule has 0 bridgehead atoms. The minimum absolute atomic E-state index is 0.269. The van der Waals surface area contributed by atoms with Crippen molar-refractivity contribution in [3.8, 4) is 0 Å². The van der Waals surface area contributed by atoms with E-state index in [1.807, 2.05) is 13.8 Å². The Labute approximate surface area is 222 Å². The molecule has 8 nitrogen and oxygen atoms in total. The van der Waals surface area contributed by atoms with Gasteiger partial charge in [-0.15, -0.1) is 0 Å². The van der Waals surface area contributed by atoms with Crippen molar-refractivity contribution in [1.29, 1.82) is 0 Å². The second-order valence-corrected chi connectivity index (χ2v) is 8.00. The number of carbonyl (C=O) groups is 4. The van der Waals surface area contributed by atoms with Gasteiger partial charge >= 0.3 is 23.9 Å². The molecule has 3 aromatic carbocycles. The second-order valence-electron chi connectivity index (χ2n) is 8.00. The fourth-order valence-corrected chi connectivity index (χ4v) is 2.93. The Morgan fingerprint density at radius 1 is 0.500 bits per heavy atom. The van der Waals surface area contributed by atoms with Crippen molar-refractivity contribution in [3.63, 3.8) is 0 Å². The Morgan fingerprint density at radius 3 is 1.18 bits per heavy atom. The van der Waals surface area contributed by atoms with E-state index in [0.717, 1.165) is 25.7 Å². The van der Waals surface area contributed by atoms with Gasteiger partial charge in [0.15, 0.2) is 0 Å². The minimum Gasteiger partial charge on any atom is -0.462 e. The molecule has 0 unspecified atom stereocenters. The van der Waals surface area contributed by atoms with Crippen LogP contribution >= 0.6 is 0 Å². The maximum atomic E-state index is 11.9. The molecule has 38 heavy (non-hydrogen) atoms. The number of carbonyl (C=O) groups excluding carboxylic acids is 4. The highest BCUT2D eigenvalue weighted by atomic mass is 17.2. The molecule has 200 valence electrons. The van der Waals surface area contributed by atoms with Crippen LogP contribution in [-0.4, -0.2) is 37.1 Å². The van der Waals surface area contributed by atoms with Crippen molar-refractivity contribution in [2.24, 2.45) is 0 Å². The third-order valence-electron chi connectivity index (χ3n) is 5.04. The first kappa shape index (κ1) is 29.8. The SMILES string of the molecule is CCCCOC(=O)c1ccccc1C(=O)OCCCC.O=C(OOC(=O)c1ccccc1)c1ccccc1. The maximum absolute atomic E-state index is 11.9. The summed E-state index contributed by atoms with van der Waals surface area (Å²) in [4.78, 5) is 55.8. The van der Waals surface area contributed by atoms with Gasteiger partial charge in [-0.3, -0.25) is 0 Å². The van der Waals surface area contributed by atoms with E-state index in [0.29, 0.717) is 24.3 Å². The molecule has 3 rings (SSSR count). The van der Waals surface area contributed by atoms with Crippen molar-refractivity contribution in [2.45, 2.75) is 39.5 Å². The zero-order valence-corrected chi connectivity index (χ0v) is 21.6. The Morgan fingerprint density at radius 2 is 0.842 bits per heavy atom. The van der Waals surface area contributed by atoms with Gasteiger partial charge < -0.3 is 9.47 Å². The van der Waals surface area contributed by atoms with Gasteiger partial charge in [-0.05, 0) is 49.2 Å². The number of ether oxygens (including phenoxy) is 2. The molecule has 0 spiro atoms. The van der Waals surface area contributed by atoms with E-state index in [2.05, 4.69) is 9.78 Å². The van der Waals surface area contributed by atoms with E-state index in [4.69, 9.17) is 9.47 Å². The van der Waals surface area contributed by atoms with Crippen molar-refractivity contribution in [2.75, 3.05) is 13.2 Å². The maximum Gasteiger partial charge on any atom is 0.386 e. The van der Waals surface area contributed by atoms with Crippen LogP contribution in [-0.2, 0) is 19.2 Å². The van der Waals surface area contributed by atoms with Crippen molar-refractivity contribution >= 4 is 23.9 Å². The number of hydrogen-bond acceptors (Lipinski definition) is 8. The fraction of sp³-hybridized carbons (Fsp3) is 0.267. The summed E-state index contributed by atoms with van der Waals surface area (Å²) in [5, 5.41) is 0. The van der Waals surface area contributed by atoms with Gasteiger partial charge in [0.25, 0.3) is 0 Å². The lowest BCUT2D eigenvalue weighted by Crippen LogP contribution is -2.14. The standard InChI is InChI=1S/C16H22O4.C14H10O4/c1-3-5-11-19-15(17)13-9-7-8-10-14(13)16(18)20-12-6-4-2;15-13(11-7-3-1-4-8-11)17-18-14(16)12-9-5-2-6-10-12/h7-10H,3-6,11-12H2,1-2H3;1-10H. The summed E-state index contributed by atoms with van der Waals surface area (Å²) in [5.74, 6) is -2.36. The van der Waals surface area contributed by atoms with Crippen LogP contribution in [0.15, 0.2) is 84.9 Å². The van der Waals surface area contributed by atoms with Gasteiger partial charge in [-0.1, -0.05) is 75.2 Å². The third-order valence-corrected chi connectivity index (χ3v) is 5.04. The molecule has 3 aromatic rings. The van der Waals surface area contributed by atoms with Gasteiger partial charge in [-0.25, -0.2) is 29.0 Å². The quantitative estimate of drug-likeness (QED) is 0.134. The van der Waals surface area contributed by atoms with Crippen molar-refractivity contribution in [1.82, 2.24) is 0 Å². The van der Waals surface area contributed by atoms with Gasteiger partial charge in [0.1, 0.15) is 0 Å². The molecule has 0 N–H and O–H groups in total. The summed E-state index contributed by atoms with van der Waals surface area (Å²) < 4.78 is 10.3. The molecule has 0 aromatic heterocycles. The lowest BCUT2D eigenvalue weighted by Gasteiger charge is -2.09. The van der Waals surface area contributed by atoms with E-state index in [-0.39, 0.29) is 11.1 Å². The Bertz CT molecular complexity index is 1070. The topological polar surface area (TPSA) is 105 Å². The van der Waals surface area contributed by atoms with Crippen LogP contribution in [0.25, 0.3) is 0 Å². The largest absolute Gasteiger partial charge is 0.462 e. The monoisotopic (exact) mass is 520 g/mol. The summed E-state index contributed by atoms with van der Waals surface area (Å²) in [6.45, 7) is 4.78. The molecule has 0 heterocycles. The van der Waals surface area contributed by atoms with E-state index in [1.165, 1.54) is 0 Å². The smallest absolute Gasteiger partial charge is 0.386 e. The Hall–Kier alpha value is -4.46. The normalized spacial score (nSPS) is 9.84. The molecule has 0 atom stereocenters. The molecule has 0 aliphatic heterocycles. The average molecular weight is 521 g/mol. The molecule has 0 aliphatic rings. The van der Waals surface area contributed by atoms with Crippen molar-refractivity contribution in [3.05, 3.63) is 107 Å². The van der Waals surface area contributed by atoms with E-state index in [9.17, 15) is 19.2 Å². The molecule has 8 heteroatoms. The van der Waals surface area contributed by atoms with Crippen LogP contribution in [0, 0.1) is 0 Å². The molecule has 0 amide bonds. The first-order chi connectivity index (χ1) is 18.5. The highest BCUT2D eigenvalue weighted by molar-refractivity contribution is 6.03. The molecule has 0 saturated carbocycles. The number of hydrogen-bond donors (Lipinski definition) is 0. The van der Waals surface area contributed by atoms with Gasteiger partial charge in [0.2, 0.25) is 0 Å². The average Bonchev–Trinajstić information content (AvgIpc) is 2.97. The first-order valence-corrected chi connectivity index (χ1v) is 12.4. The van der Waals surface area contributed by atoms with Crippen LogP contribution in [0.2, 0.25) is 0 Å². The van der Waals surface area contributed by atoms with Crippen LogP contribution < -0.4 is 0 Å². The molecule has 0 fully saturated rings. The van der Waals surface area contributed by atoms with Crippen LogP contribution in [0.3, 0.4) is 0 Å². The zero-order valence-electron chi connectivity index (χ0n) is 21.6. The lowest BCUT2D eigenvalue weighted by molar-refractivity contribution is -0.187. The van der Waals surface area contributed by atoms with E-state index < -0.39 is 23.9 Å². The summed E-state index contributed by atoms with van der Waals surface area (Å²) in [5.41, 5.74) is 1.17. The third kappa shape index (κ3) is 10.3. The van der Waals surface area contributed by atoms with Gasteiger partial charge in [0, 0.05) is 0 Å². The highest BCUT2D eigenvalue weighted by Crippen LogP contribution is 2.13. The summed E-state index contributed by atoms with van der Waals surface area (Å²) in [6.07, 6.45) is 3.53. The summed E-state index contributed by atoms with van der Waals surface area (Å²) in [6, 6.07) is 23.2. The second kappa shape index (κ2) is 17.1. The van der Waals surface area contributed by atoms with Gasteiger partial charge in [-0.2, -0.15) is 0 Å². The summed E-state index contributed by atoms with van der Waals surface area (Å²) >= 11 is 0. The molecular weight excluding hydrogens is 488 g/mol. The minimum atomic E-state index is -0.708. The summed E-state index contributed by atoms with van der Waals surface area (Å²) in [7, 11) is 0. The number of esters is 2. The first-order valence-electron chi connectivity index (χ1n) is 12.4. The zero-order chi connectivity index (χ0) is 27.6.